The fourth-order valence-electron chi connectivity index (χ4n) is 4.55. The van der Waals surface area contributed by atoms with Crippen molar-refractivity contribution in [2.24, 2.45) is 10.7 Å². The first kappa shape index (κ1) is 31.3. The van der Waals surface area contributed by atoms with E-state index in [4.69, 9.17) is 10.5 Å². The van der Waals surface area contributed by atoms with Crippen molar-refractivity contribution >= 4 is 35.9 Å². The second-order valence-corrected chi connectivity index (χ2v) is 10.9. The van der Waals surface area contributed by atoms with Crippen LogP contribution >= 0.6 is 0 Å². The molecule has 41 heavy (non-hydrogen) atoms. The predicted octanol–water partition coefficient (Wildman–Crippen LogP) is 0.219. The summed E-state index contributed by atoms with van der Waals surface area (Å²) < 4.78 is 5.47. The van der Waals surface area contributed by atoms with Gasteiger partial charge in [-0.15, -0.1) is 0 Å². The first-order valence-corrected chi connectivity index (χ1v) is 13.4. The van der Waals surface area contributed by atoms with Crippen molar-refractivity contribution in [3.05, 3.63) is 48.3 Å². The molecule has 2 heterocycles. The highest BCUT2D eigenvalue weighted by molar-refractivity contribution is 5.93. The monoisotopic (exact) mass is 570 g/mol. The van der Waals surface area contributed by atoms with Crippen LogP contribution in [-0.2, 0) is 30.3 Å². The molecule has 13 nitrogen and oxygen atoms in total. The number of nitrogens with one attached hydrogen (secondary N) is 2. The van der Waals surface area contributed by atoms with E-state index in [0.717, 1.165) is 0 Å². The first-order chi connectivity index (χ1) is 19.4. The number of hydrogen-bond acceptors (Lipinski definition) is 8. The Hall–Kier alpha value is -4.26. The summed E-state index contributed by atoms with van der Waals surface area (Å²) in [5.41, 5.74) is 5.30. The number of aliphatic imine (C=N–C) groups is 1. The van der Waals surface area contributed by atoms with Crippen LogP contribution in [0.3, 0.4) is 0 Å². The van der Waals surface area contributed by atoms with Crippen molar-refractivity contribution in [3.63, 3.8) is 0 Å². The molecular weight excluding hydrogens is 532 g/mol. The van der Waals surface area contributed by atoms with E-state index in [1.807, 2.05) is 0 Å². The van der Waals surface area contributed by atoms with Crippen molar-refractivity contribution in [1.29, 1.82) is 0 Å². The zero-order valence-electron chi connectivity index (χ0n) is 23.5. The number of primary amides is 1. The molecule has 1 saturated heterocycles. The minimum Gasteiger partial charge on any atom is -0.458 e. The van der Waals surface area contributed by atoms with E-state index in [1.54, 1.807) is 51.1 Å². The van der Waals surface area contributed by atoms with Gasteiger partial charge in [-0.1, -0.05) is 30.3 Å². The third-order valence-electron chi connectivity index (χ3n) is 6.47. The van der Waals surface area contributed by atoms with E-state index < -0.39 is 66.0 Å². The number of nitrogens with two attached hydrogens (primary N) is 1. The van der Waals surface area contributed by atoms with E-state index in [2.05, 4.69) is 15.6 Å². The number of likely N-dealkylation sites (tertiary alicyclic amines) is 1. The number of urea groups is 1. The van der Waals surface area contributed by atoms with E-state index in [-0.39, 0.29) is 19.5 Å². The number of amides is 5. The van der Waals surface area contributed by atoms with Crippen LogP contribution < -0.4 is 16.4 Å². The van der Waals surface area contributed by atoms with Gasteiger partial charge in [0.15, 0.2) is 6.10 Å². The third kappa shape index (κ3) is 9.13. The van der Waals surface area contributed by atoms with Gasteiger partial charge in [0.25, 0.3) is 5.91 Å². The van der Waals surface area contributed by atoms with Crippen LogP contribution in [0.5, 0.6) is 0 Å². The van der Waals surface area contributed by atoms with Crippen molar-refractivity contribution < 1.29 is 33.8 Å². The van der Waals surface area contributed by atoms with Crippen LogP contribution in [0, 0.1) is 0 Å². The molecule has 1 aromatic rings. The largest absolute Gasteiger partial charge is 0.458 e. The Morgan fingerprint density at radius 3 is 2.46 bits per heavy atom. The zero-order chi connectivity index (χ0) is 30.2. The minimum atomic E-state index is -1.74. The maximum absolute atomic E-state index is 13.5. The standard InChI is InChI=1S/C28H38N6O7/c1-28(2,3)41-26(39)21-10-7-13-34(21)25(38)23(36)19(16-18-8-5-4-6-9-18)31-24(37)20(17-22(29)35)32-27(40)33-14-11-30-12-15-33/h4-6,8-9,11-12,14,19-21,23,36H,7,10,13,15-17H2,1-3H3,(H2,29,35)(H,31,37)(H,32,40)/t19-,20-,21-,23?/m0/s1. The van der Waals surface area contributed by atoms with Crippen LogP contribution in [0.4, 0.5) is 4.79 Å². The Balaban J connectivity index is 1.80. The van der Waals surface area contributed by atoms with E-state index in [0.29, 0.717) is 18.4 Å². The first-order valence-electron chi connectivity index (χ1n) is 13.4. The fraction of sp³-hybridized carbons (Fsp3) is 0.500. The molecule has 13 heteroatoms. The minimum absolute atomic E-state index is 0.0486. The quantitative estimate of drug-likeness (QED) is 0.290. The number of esters is 1. The molecule has 2 aliphatic rings. The number of carbonyl (C=O) groups excluding carboxylic acids is 5. The number of nitrogens with zero attached hydrogens (tertiary/aromatic N) is 3. The van der Waals surface area contributed by atoms with Gasteiger partial charge in [-0.25, -0.2) is 9.59 Å². The molecule has 0 radical (unpaired) electrons. The molecule has 1 fully saturated rings. The zero-order valence-corrected chi connectivity index (χ0v) is 23.5. The smallest absolute Gasteiger partial charge is 0.329 e. The lowest BCUT2D eigenvalue weighted by molar-refractivity contribution is -0.165. The van der Waals surface area contributed by atoms with Crippen molar-refractivity contribution in [3.8, 4) is 0 Å². The van der Waals surface area contributed by atoms with Gasteiger partial charge in [-0.05, 0) is 45.6 Å². The van der Waals surface area contributed by atoms with Gasteiger partial charge in [-0.3, -0.25) is 24.3 Å². The molecule has 5 amide bonds. The number of benzene rings is 1. The molecule has 1 unspecified atom stereocenters. The van der Waals surface area contributed by atoms with E-state index in [1.165, 1.54) is 28.4 Å². The number of aliphatic hydroxyl groups excluding tert-OH is 1. The normalized spacial score (nSPS) is 18.8. The Morgan fingerprint density at radius 2 is 1.85 bits per heavy atom. The molecule has 222 valence electrons. The lowest BCUT2D eigenvalue weighted by Crippen LogP contribution is -2.59. The second-order valence-electron chi connectivity index (χ2n) is 10.9. The SMILES string of the molecule is CC(C)(C)OC(=O)[C@@H]1CCCN1C(=O)C(O)[C@H](Cc1ccccc1)NC(=O)[C@H](CC(N)=O)NC(=O)N1C=CN=CC1. The van der Waals surface area contributed by atoms with Crippen LogP contribution in [0.2, 0.25) is 0 Å². The molecule has 0 aromatic heterocycles. The molecule has 0 saturated carbocycles. The number of hydrogen-bond donors (Lipinski definition) is 4. The fourth-order valence-corrected chi connectivity index (χ4v) is 4.55. The lowest BCUT2D eigenvalue weighted by atomic mass is 9.99. The van der Waals surface area contributed by atoms with E-state index in [9.17, 15) is 29.1 Å². The average molecular weight is 571 g/mol. The third-order valence-corrected chi connectivity index (χ3v) is 6.47. The van der Waals surface area contributed by atoms with Crippen LogP contribution in [0.15, 0.2) is 47.7 Å². The van der Waals surface area contributed by atoms with Gasteiger partial charge in [0.2, 0.25) is 11.8 Å². The summed E-state index contributed by atoms with van der Waals surface area (Å²) in [6, 6.07) is 4.80. The Morgan fingerprint density at radius 1 is 1.15 bits per heavy atom. The van der Waals surface area contributed by atoms with Crippen LogP contribution in [-0.4, -0.2) is 93.8 Å². The molecule has 0 bridgehead atoms. The molecule has 0 aliphatic carbocycles. The summed E-state index contributed by atoms with van der Waals surface area (Å²) in [6.45, 7) is 5.57. The average Bonchev–Trinajstić information content (AvgIpc) is 3.42. The highest BCUT2D eigenvalue weighted by Crippen LogP contribution is 2.23. The summed E-state index contributed by atoms with van der Waals surface area (Å²) in [4.78, 5) is 70.5. The summed E-state index contributed by atoms with van der Waals surface area (Å²) in [7, 11) is 0. The Kier molecular flexibility index (Phi) is 10.6. The summed E-state index contributed by atoms with van der Waals surface area (Å²) in [5, 5.41) is 16.4. The molecular formula is C28H38N6O7. The maximum Gasteiger partial charge on any atom is 0.329 e. The number of rotatable bonds is 10. The molecule has 5 N–H and O–H groups in total. The van der Waals surface area contributed by atoms with Gasteiger partial charge in [0.05, 0.1) is 19.0 Å². The van der Waals surface area contributed by atoms with Crippen molar-refractivity contribution in [2.45, 2.75) is 76.3 Å². The number of ether oxygens (including phenoxy) is 1. The predicted molar refractivity (Wildman–Crippen MR) is 149 cm³/mol. The molecule has 2 aliphatic heterocycles. The Bertz CT molecular complexity index is 1180. The van der Waals surface area contributed by atoms with Crippen molar-refractivity contribution in [1.82, 2.24) is 20.4 Å². The van der Waals surface area contributed by atoms with Gasteiger partial charge in [0.1, 0.15) is 17.7 Å². The van der Waals surface area contributed by atoms with Crippen LogP contribution in [0.25, 0.3) is 0 Å². The number of carbonyl (C=O) groups is 5. The molecule has 3 rings (SSSR count). The molecule has 4 atom stereocenters. The Labute approximate surface area is 238 Å². The summed E-state index contributed by atoms with van der Waals surface area (Å²) in [5.74, 6) is -2.97. The highest BCUT2D eigenvalue weighted by atomic mass is 16.6. The van der Waals surface area contributed by atoms with Gasteiger partial charge < -0.3 is 31.1 Å². The summed E-state index contributed by atoms with van der Waals surface area (Å²) in [6.07, 6.45) is 3.01. The molecule has 0 spiro atoms. The van der Waals surface area contributed by atoms with Gasteiger partial charge in [-0.2, -0.15) is 0 Å². The lowest BCUT2D eigenvalue weighted by Gasteiger charge is -2.32. The van der Waals surface area contributed by atoms with Crippen molar-refractivity contribution in [2.75, 3.05) is 13.1 Å². The van der Waals surface area contributed by atoms with Crippen LogP contribution in [0.1, 0.15) is 45.6 Å². The topological polar surface area (TPSA) is 184 Å². The summed E-state index contributed by atoms with van der Waals surface area (Å²) >= 11 is 0. The number of aliphatic hydroxyl groups is 1. The van der Waals surface area contributed by atoms with Gasteiger partial charge in [0, 0.05) is 25.2 Å². The highest BCUT2D eigenvalue weighted by Gasteiger charge is 2.41. The second kappa shape index (κ2) is 13.9. The molecule has 1 aromatic carbocycles. The van der Waals surface area contributed by atoms with E-state index >= 15 is 0 Å². The maximum atomic E-state index is 13.5. The van der Waals surface area contributed by atoms with Gasteiger partial charge >= 0.3 is 12.0 Å².